The zero-order valence-electron chi connectivity index (χ0n) is 21.8. The SMILES string of the molecule is CC[C@H](C)[C@H](NC(=O)[C@H]1CCC[C@@H](NC(=O)c2cn(-c3ccccc3)nc2-c2ccc(Br)s2)C1)C(=O)OC. The molecule has 4 rings (SSSR count). The van der Waals surface area contributed by atoms with E-state index in [0.29, 0.717) is 24.1 Å². The minimum atomic E-state index is -0.677. The number of nitrogens with one attached hydrogen (secondary N) is 2. The summed E-state index contributed by atoms with van der Waals surface area (Å²) in [6.07, 6.45) is 5.32. The van der Waals surface area contributed by atoms with Crippen LogP contribution in [0, 0.1) is 11.8 Å². The van der Waals surface area contributed by atoms with E-state index in [1.807, 2.05) is 56.3 Å². The maximum absolute atomic E-state index is 13.5. The number of amides is 2. The lowest BCUT2D eigenvalue weighted by molar-refractivity contribution is -0.147. The largest absolute Gasteiger partial charge is 0.467 e. The van der Waals surface area contributed by atoms with Crippen LogP contribution in [0.1, 0.15) is 56.3 Å². The molecule has 0 bridgehead atoms. The number of nitrogens with zero attached hydrogens (tertiary/aromatic N) is 2. The average Bonchev–Trinajstić information content (AvgIpc) is 3.58. The highest BCUT2D eigenvalue weighted by Gasteiger charge is 2.33. The first-order valence-electron chi connectivity index (χ1n) is 12.9. The molecule has 0 unspecified atom stereocenters. The summed E-state index contributed by atoms with van der Waals surface area (Å²) >= 11 is 5.02. The Hall–Kier alpha value is -2.98. The molecule has 2 heterocycles. The molecular weight excluding hydrogens is 568 g/mol. The molecule has 2 N–H and O–H groups in total. The number of thiophene rings is 1. The van der Waals surface area contributed by atoms with Gasteiger partial charge in [0, 0.05) is 18.2 Å². The van der Waals surface area contributed by atoms with Gasteiger partial charge in [0.05, 0.1) is 27.0 Å². The fourth-order valence-electron chi connectivity index (χ4n) is 4.77. The second-order valence-electron chi connectivity index (χ2n) is 9.70. The summed E-state index contributed by atoms with van der Waals surface area (Å²) in [5, 5.41) is 10.8. The maximum Gasteiger partial charge on any atom is 0.328 e. The molecule has 38 heavy (non-hydrogen) atoms. The second kappa shape index (κ2) is 12.7. The van der Waals surface area contributed by atoms with Gasteiger partial charge in [-0.3, -0.25) is 9.59 Å². The molecule has 0 aliphatic heterocycles. The predicted octanol–water partition coefficient (Wildman–Crippen LogP) is 5.36. The van der Waals surface area contributed by atoms with Gasteiger partial charge in [-0.05, 0) is 65.4 Å². The van der Waals surface area contributed by atoms with Gasteiger partial charge in [0.25, 0.3) is 5.91 Å². The first-order chi connectivity index (χ1) is 18.3. The van der Waals surface area contributed by atoms with Crippen LogP contribution in [0.4, 0.5) is 0 Å². The van der Waals surface area contributed by atoms with Crippen molar-refractivity contribution < 1.29 is 19.1 Å². The van der Waals surface area contributed by atoms with Gasteiger partial charge in [0.2, 0.25) is 5.91 Å². The molecule has 1 aromatic carbocycles. The Morgan fingerprint density at radius 2 is 1.95 bits per heavy atom. The van der Waals surface area contributed by atoms with E-state index in [4.69, 9.17) is 9.84 Å². The van der Waals surface area contributed by atoms with Crippen molar-refractivity contribution in [2.75, 3.05) is 7.11 Å². The Bertz CT molecular complexity index is 1270. The average molecular weight is 602 g/mol. The number of para-hydroxylation sites is 1. The maximum atomic E-state index is 13.5. The molecular formula is C28H33BrN4O4S. The molecule has 0 radical (unpaired) electrons. The van der Waals surface area contributed by atoms with Gasteiger partial charge >= 0.3 is 5.97 Å². The summed E-state index contributed by atoms with van der Waals surface area (Å²) in [7, 11) is 1.33. The second-order valence-corrected chi connectivity index (χ2v) is 12.2. The molecule has 1 aliphatic rings. The summed E-state index contributed by atoms with van der Waals surface area (Å²) in [5.41, 5.74) is 1.96. The number of halogens is 1. The topological polar surface area (TPSA) is 102 Å². The van der Waals surface area contributed by atoms with Gasteiger partial charge < -0.3 is 15.4 Å². The Morgan fingerprint density at radius 3 is 2.61 bits per heavy atom. The number of carbonyl (C=O) groups excluding carboxylic acids is 3. The minimum absolute atomic E-state index is 0.0395. The van der Waals surface area contributed by atoms with Crippen molar-refractivity contribution in [3.63, 3.8) is 0 Å². The van der Waals surface area contributed by atoms with Crippen LogP contribution in [0.2, 0.25) is 0 Å². The number of carbonyl (C=O) groups is 3. The van der Waals surface area contributed by atoms with Gasteiger partial charge in [-0.15, -0.1) is 11.3 Å². The third-order valence-electron chi connectivity index (χ3n) is 7.13. The first kappa shape index (κ1) is 28.0. The van der Waals surface area contributed by atoms with Crippen LogP contribution in [-0.4, -0.2) is 46.8 Å². The van der Waals surface area contributed by atoms with E-state index < -0.39 is 12.0 Å². The first-order valence-corrected chi connectivity index (χ1v) is 14.5. The normalized spacial score (nSPS) is 18.8. The van der Waals surface area contributed by atoms with Crippen molar-refractivity contribution in [3.05, 3.63) is 58.0 Å². The molecule has 4 atom stereocenters. The van der Waals surface area contributed by atoms with Gasteiger partial charge in [0.15, 0.2) is 0 Å². The summed E-state index contributed by atoms with van der Waals surface area (Å²) in [6, 6.07) is 12.7. The molecule has 10 heteroatoms. The van der Waals surface area contributed by atoms with Crippen molar-refractivity contribution in [2.24, 2.45) is 11.8 Å². The third kappa shape index (κ3) is 6.53. The quantitative estimate of drug-likeness (QED) is 0.322. The third-order valence-corrected chi connectivity index (χ3v) is 8.76. The Labute approximate surface area is 235 Å². The number of esters is 1. The monoisotopic (exact) mass is 600 g/mol. The lowest BCUT2D eigenvalue weighted by Crippen LogP contribution is -2.49. The fourth-order valence-corrected chi connectivity index (χ4v) is 6.15. The minimum Gasteiger partial charge on any atom is -0.467 e. The lowest BCUT2D eigenvalue weighted by Gasteiger charge is -2.31. The van der Waals surface area contributed by atoms with Gasteiger partial charge in [0.1, 0.15) is 11.7 Å². The van der Waals surface area contributed by atoms with E-state index in [1.165, 1.54) is 18.4 Å². The summed E-state index contributed by atoms with van der Waals surface area (Å²) in [6.45, 7) is 3.90. The van der Waals surface area contributed by atoms with E-state index in [2.05, 4.69) is 26.6 Å². The lowest BCUT2D eigenvalue weighted by atomic mass is 9.84. The Morgan fingerprint density at radius 1 is 1.18 bits per heavy atom. The van der Waals surface area contributed by atoms with Crippen LogP contribution in [0.15, 0.2) is 52.4 Å². The molecule has 0 saturated heterocycles. The Kier molecular flexibility index (Phi) is 9.38. The van der Waals surface area contributed by atoms with Crippen LogP contribution in [0.5, 0.6) is 0 Å². The number of hydrogen-bond donors (Lipinski definition) is 2. The molecule has 1 fully saturated rings. The zero-order chi connectivity index (χ0) is 27.2. The summed E-state index contributed by atoms with van der Waals surface area (Å²) < 4.78 is 7.58. The molecule has 2 amide bonds. The van der Waals surface area contributed by atoms with Gasteiger partial charge in [-0.25, -0.2) is 9.48 Å². The fraction of sp³-hybridized carbons (Fsp3) is 0.429. The van der Waals surface area contributed by atoms with Crippen molar-refractivity contribution in [1.29, 1.82) is 0 Å². The molecule has 8 nitrogen and oxygen atoms in total. The van der Waals surface area contributed by atoms with Gasteiger partial charge in [-0.2, -0.15) is 5.10 Å². The predicted molar refractivity (Wildman–Crippen MR) is 151 cm³/mol. The standard InChI is InChI=1S/C28H33BrN4O4S/c1-4-17(2)24(28(36)37-3)31-26(34)18-9-8-10-19(15-18)30-27(35)21-16-33(20-11-6-5-7-12-20)32-25(21)22-13-14-23(29)38-22/h5-7,11-14,16-19,24H,4,8-10,15H2,1-3H3,(H,30,35)(H,31,34)/t17-,18-,19+,24-/m0/s1. The van der Waals surface area contributed by atoms with Crippen LogP contribution in [-0.2, 0) is 14.3 Å². The number of methoxy groups -OCH3 is 1. The highest BCUT2D eigenvalue weighted by Crippen LogP contribution is 2.33. The number of benzene rings is 1. The smallest absolute Gasteiger partial charge is 0.328 e. The van der Waals surface area contributed by atoms with Gasteiger partial charge in [-0.1, -0.05) is 44.9 Å². The number of aromatic nitrogens is 2. The number of rotatable bonds is 9. The Balaban J connectivity index is 1.49. The van der Waals surface area contributed by atoms with E-state index >= 15 is 0 Å². The molecule has 2 aromatic heterocycles. The van der Waals surface area contributed by atoms with Crippen molar-refractivity contribution in [2.45, 2.75) is 58.0 Å². The molecule has 1 saturated carbocycles. The number of hydrogen-bond acceptors (Lipinski definition) is 6. The van der Waals surface area contributed by atoms with E-state index in [9.17, 15) is 14.4 Å². The van der Waals surface area contributed by atoms with Crippen molar-refractivity contribution in [1.82, 2.24) is 20.4 Å². The van der Waals surface area contributed by atoms with Crippen LogP contribution in [0.25, 0.3) is 16.3 Å². The van der Waals surface area contributed by atoms with Crippen LogP contribution >= 0.6 is 27.3 Å². The molecule has 1 aliphatic carbocycles. The van der Waals surface area contributed by atoms with E-state index in [1.54, 1.807) is 10.9 Å². The number of ether oxygens (including phenoxy) is 1. The summed E-state index contributed by atoms with van der Waals surface area (Å²) in [5.74, 6) is -1.14. The van der Waals surface area contributed by atoms with Crippen molar-refractivity contribution >= 4 is 45.1 Å². The molecule has 202 valence electrons. The zero-order valence-corrected chi connectivity index (χ0v) is 24.2. The highest BCUT2D eigenvalue weighted by atomic mass is 79.9. The summed E-state index contributed by atoms with van der Waals surface area (Å²) in [4.78, 5) is 39.8. The van der Waals surface area contributed by atoms with Crippen LogP contribution in [0.3, 0.4) is 0 Å². The molecule has 0 spiro atoms. The van der Waals surface area contributed by atoms with E-state index in [-0.39, 0.29) is 29.7 Å². The van der Waals surface area contributed by atoms with E-state index in [0.717, 1.165) is 33.6 Å². The highest BCUT2D eigenvalue weighted by molar-refractivity contribution is 9.11. The van der Waals surface area contributed by atoms with Crippen LogP contribution < -0.4 is 10.6 Å². The van der Waals surface area contributed by atoms with Crippen molar-refractivity contribution in [3.8, 4) is 16.3 Å². The molecule has 3 aromatic rings.